The smallest absolute Gasteiger partial charge is 0.259 e. The van der Waals surface area contributed by atoms with Crippen LogP contribution in [0.4, 0.5) is 5.82 Å². The molecular formula is C14H14N4O. The summed E-state index contributed by atoms with van der Waals surface area (Å²) in [4.78, 5) is 15.3. The molecule has 0 spiro atoms. The van der Waals surface area contributed by atoms with Crippen molar-refractivity contribution in [3.05, 3.63) is 47.8 Å². The summed E-state index contributed by atoms with van der Waals surface area (Å²) >= 11 is 0. The zero-order valence-electron chi connectivity index (χ0n) is 10.5. The number of hydrogen-bond donors (Lipinski definition) is 3. The molecule has 5 heteroatoms. The summed E-state index contributed by atoms with van der Waals surface area (Å²) in [5.41, 5.74) is 2.56. The Morgan fingerprint density at radius 2 is 2.21 bits per heavy atom. The third-order valence-electron chi connectivity index (χ3n) is 3.09. The van der Waals surface area contributed by atoms with E-state index in [0.29, 0.717) is 11.4 Å². The Balaban J connectivity index is 1.87. The fourth-order valence-corrected chi connectivity index (χ4v) is 2.05. The second kappa shape index (κ2) is 4.61. The summed E-state index contributed by atoms with van der Waals surface area (Å²) < 4.78 is 0. The summed E-state index contributed by atoms with van der Waals surface area (Å²) in [5, 5.41) is 10.6. The zero-order chi connectivity index (χ0) is 13.2. The van der Waals surface area contributed by atoms with Crippen LogP contribution in [0.1, 0.15) is 23.0 Å². The van der Waals surface area contributed by atoms with Crippen molar-refractivity contribution in [1.82, 2.24) is 15.2 Å². The number of aromatic nitrogens is 3. The van der Waals surface area contributed by atoms with Crippen molar-refractivity contribution in [3.8, 4) is 0 Å². The quantitative estimate of drug-likeness (QED) is 0.672. The van der Waals surface area contributed by atoms with Crippen molar-refractivity contribution >= 4 is 22.6 Å². The lowest BCUT2D eigenvalue weighted by Crippen LogP contribution is -2.11. The van der Waals surface area contributed by atoms with Crippen LogP contribution in [0.3, 0.4) is 0 Å². The molecule has 2 heterocycles. The first-order valence-electron chi connectivity index (χ1n) is 6.19. The van der Waals surface area contributed by atoms with Gasteiger partial charge in [0.05, 0.1) is 5.56 Å². The molecule has 1 amide bonds. The number of hydrogen-bond acceptors (Lipinski definition) is 2. The lowest BCUT2D eigenvalue weighted by atomic mass is 10.1. The molecule has 0 aliphatic heterocycles. The van der Waals surface area contributed by atoms with Gasteiger partial charge in [-0.1, -0.05) is 25.1 Å². The first-order valence-corrected chi connectivity index (χ1v) is 6.19. The van der Waals surface area contributed by atoms with Gasteiger partial charge in [-0.15, -0.1) is 0 Å². The van der Waals surface area contributed by atoms with Gasteiger partial charge in [0, 0.05) is 28.9 Å². The highest BCUT2D eigenvalue weighted by atomic mass is 16.1. The third kappa shape index (κ3) is 2.10. The van der Waals surface area contributed by atoms with Crippen LogP contribution in [0.15, 0.2) is 36.5 Å². The maximum atomic E-state index is 12.2. The van der Waals surface area contributed by atoms with Crippen molar-refractivity contribution in [1.29, 1.82) is 0 Å². The van der Waals surface area contributed by atoms with E-state index in [2.05, 4.69) is 20.5 Å². The molecule has 96 valence electrons. The molecule has 0 saturated heterocycles. The van der Waals surface area contributed by atoms with E-state index in [0.717, 1.165) is 23.0 Å². The van der Waals surface area contributed by atoms with Gasteiger partial charge in [0.1, 0.15) is 0 Å². The summed E-state index contributed by atoms with van der Waals surface area (Å²) in [6.07, 6.45) is 2.57. The molecule has 3 rings (SSSR count). The molecule has 0 atom stereocenters. The largest absolute Gasteiger partial charge is 0.360 e. The number of aromatic amines is 2. The van der Waals surface area contributed by atoms with E-state index in [1.807, 2.05) is 37.3 Å². The van der Waals surface area contributed by atoms with Crippen LogP contribution >= 0.6 is 0 Å². The van der Waals surface area contributed by atoms with Gasteiger partial charge in [0.25, 0.3) is 5.91 Å². The maximum Gasteiger partial charge on any atom is 0.259 e. The first kappa shape index (κ1) is 11.5. The van der Waals surface area contributed by atoms with Crippen LogP contribution in [0, 0.1) is 0 Å². The van der Waals surface area contributed by atoms with Gasteiger partial charge in [0.15, 0.2) is 5.82 Å². The van der Waals surface area contributed by atoms with E-state index in [1.165, 1.54) is 0 Å². The SMILES string of the molecule is CCc1cc(NC(=O)c2c[nH]c3ccccc23)n[nH]1. The number of fused-ring (bicyclic) bond motifs is 1. The molecular weight excluding hydrogens is 240 g/mol. The molecule has 19 heavy (non-hydrogen) atoms. The van der Waals surface area contributed by atoms with Gasteiger partial charge in [-0.25, -0.2) is 0 Å². The Hall–Kier alpha value is -2.56. The summed E-state index contributed by atoms with van der Waals surface area (Å²) in [7, 11) is 0. The number of anilines is 1. The van der Waals surface area contributed by atoms with Gasteiger partial charge in [-0.2, -0.15) is 5.10 Å². The van der Waals surface area contributed by atoms with E-state index in [-0.39, 0.29) is 5.91 Å². The normalized spacial score (nSPS) is 10.8. The fourth-order valence-electron chi connectivity index (χ4n) is 2.05. The highest BCUT2D eigenvalue weighted by Gasteiger charge is 2.12. The summed E-state index contributed by atoms with van der Waals surface area (Å²) in [6, 6.07) is 9.55. The van der Waals surface area contributed by atoms with Gasteiger partial charge in [-0.3, -0.25) is 9.89 Å². The summed E-state index contributed by atoms with van der Waals surface area (Å²) in [6.45, 7) is 2.03. The number of nitrogens with one attached hydrogen (secondary N) is 3. The van der Waals surface area contributed by atoms with Crippen LogP contribution < -0.4 is 5.32 Å². The predicted octanol–water partition coefficient (Wildman–Crippen LogP) is 2.71. The van der Waals surface area contributed by atoms with Gasteiger partial charge < -0.3 is 10.3 Å². The lowest BCUT2D eigenvalue weighted by molar-refractivity contribution is 0.102. The predicted molar refractivity (Wildman–Crippen MR) is 74.2 cm³/mol. The van der Waals surface area contributed by atoms with E-state index in [4.69, 9.17) is 0 Å². The molecule has 0 aliphatic carbocycles. The minimum absolute atomic E-state index is 0.161. The topological polar surface area (TPSA) is 73.6 Å². The molecule has 0 saturated carbocycles. The van der Waals surface area contributed by atoms with Crippen molar-refractivity contribution < 1.29 is 4.79 Å². The molecule has 0 radical (unpaired) electrons. The molecule has 0 unspecified atom stereocenters. The van der Waals surface area contributed by atoms with Crippen LogP contribution in [-0.2, 0) is 6.42 Å². The number of H-pyrrole nitrogens is 2. The number of para-hydroxylation sites is 1. The number of rotatable bonds is 3. The monoisotopic (exact) mass is 254 g/mol. The average Bonchev–Trinajstić information content (AvgIpc) is 3.04. The number of carbonyl (C=O) groups excluding carboxylic acids is 1. The molecule has 0 aliphatic rings. The Bertz CT molecular complexity index is 726. The van der Waals surface area contributed by atoms with Gasteiger partial charge >= 0.3 is 0 Å². The second-order valence-corrected chi connectivity index (χ2v) is 4.33. The van der Waals surface area contributed by atoms with E-state index in [9.17, 15) is 4.79 Å². The Morgan fingerprint density at radius 1 is 1.37 bits per heavy atom. The molecule has 1 aromatic carbocycles. The molecule has 0 fully saturated rings. The van der Waals surface area contributed by atoms with Crippen LogP contribution in [0.2, 0.25) is 0 Å². The second-order valence-electron chi connectivity index (χ2n) is 4.33. The van der Waals surface area contributed by atoms with Gasteiger partial charge in [0.2, 0.25) is 0 Å². The minimum Gasteiger partial charge on any atom is -0.360 e. The molecule has 0 bridgehead atoms. The lowest BCUT2D eigenvalue weighted by Gasteiger charge is -1.99. The third-order valence-corrected chi connectivity index (χ3v) is 3.09. The number of aryl methyl sites for hydroxylation is 1. The number of amides is 1. The molecule has 2 aromatic heterocycles. The van der Waals surface area contributed by atoms with Gasteiger partial charge in [-0.05, 0) is 12.5 Å². The molecule has 5 nitrogen and oxygen atoms in total. The highest BCUT2D eigenvalue weighted by Crippen LogP contribution is 2.18. The Morgan fingerprint density at radius 3 is 3.00 bits per heavy atom. The van der Waals surface area contributed by atoms with Crippen LogP contribution in [-0.4, -0.2) is 21.1 Å². The van der Waals surface area contributed by atoms with Crippen molar-refractivity contribution in [2.45, 2.75) is 13.3 Å². The fraction of sp³-hybridized carbons (Fsp3) is 0.143. The Labute approximate surface area is 110 Å². The average molecular weight is 254 g/mol. The number of nitrogens with zero attached hydrogens (tertiary/aromatic N) is 1. The van der Waals surface area contributed by atoms with Crippen LogP contribution in [0.25, 0.3) is 10.9 Å². The van der Waals surface area contributed by atoms with Crippen molar-refractivity contribution in [2.24, 2.45) is 0 Å². The van der Waals surface area contributed by atoms with E-state index < -0.39 is 0 Å². The van der Waals surface area contributed by atoms with Crippen LogP contribution in [0.5, 0.6) is 0 Å². The van der Waals surface area contributed by atoms with Crippen molar-refractivity contribution in [2.75, 3.05) is 5.32 Å². The van der Waals surface area contributed by atoms with Crippen molar-refractivity contribution in [3.63, 3.8) is 0 Å². The first-order chi connectivity index (χ1) is 9.28. The molecule has 3 N–H and O–H groups in total. The standard InChI is InChI=1S/C14H14N4O/c1-2-9-7-13(18-17-9)16-14(19)11-8-15-12-6-4-3-5-10(11)12/h3-8,15H,2H2,1H3,(H2,16,17,18,19). The van der Waals surface area contributed by atoms with E-state index in [1.54, 1.807) is 6.20 Å². The highest BCUT2D eigenvalue weighted by molar-refractivity contribution is 6.12. The maximum absolute atomic E-state index is 12.2. The summed E-state index contributed by atoms with van der Waals surface area (Å²) in [5.74, 6) is 0.388. The number of benzene rings is 1. The minimum atomic E-state index is -0.161. The zero-order valence-corrected chi connectivity index (χ0v) is 10.5. The molecule has 3 aromatic rings. The number of carbonyl (C=O) groups is 1. The van der Waals surface area contributed by atoms with E-state index >= 15 is 0 Å². The Kier molecular flexibility index (Phi) is 2.79.